The van der Waals surface area contributed by atoms with E-state index in [1.807, 2.05) is 30.3 Å². The van der Waals surface area contributed by atoms with E-state index in [0.29, 0.717) is 11.4 Å². The Labute approximate surface area is 119 Å². The van der Waals surface area contributed by atoms with E-state index in [0.717, 1.165) is 11.6 Å². The number of benzene rings is 2. The summed E-state index contributed by atoms with van der Waals surface area (Å²) in [7, 11) is 0. The Balaban J connectivity index is 1.79. The summed E-state index contributed by atoms with van der Waals surface area (Å²) in [6.07, 6.45) is 0. The summed E-state index contributed by atoms with van der Waals surface area (Å²) in [4.78, 5) is 0. The zero-order valence-electron chi connectivity index (χ0n) is 11.0. The topological polar surface area (TPSA) is 53.6 Å². The molecule has 0 spiro atoms. The van der Waals surface area contributed by atoms with E-state index in [1.165, 1.54) is 12.1 Å². The molecule has 0 saturated heterocycles. The molecule has 1 heterocycles. The van der Waals surface area contributed by atoms with Crippen molar-refractivity contribution in [3.63, 3.8) is 0 Å². The van der Waals surface area contributed by atoms with Crippen LogP contribution in [-0.4, -0.2) is 15.4 Å². The van der Waals surface area contributed by atoms with Gasteiger partial charge in [-0.2, -0.15) is 15.4 Å². The van der Waals surface area contributed by atoms with Gasteiger partial charge in [0.25, 0.3) is 0 Å². The maximum absolute atomic E-state index is 13.6. The molecule has 2 N–H and O–H groups in total. The molecular formula is C15H12F2N4. The van der Waals surface area contributed by atoms with Crippen LogP contribution in [-0.2, 0) is 6.54 Å². The van der Waals surface area contributed by atoms with Gasteiger partial charge in [-0.3, -0.25) is 0 Å². The fourth-order valence-corrected chi connectivity index (χ4v) is 2.02. The largest absolute Gasteiger partial charge is 0.377 e. The number of hydrogen-bond acceptors (Lipinski definition) is 3. The Kier molecular flexibility index (Phi) is 3.59. The molecule has 0 unspecified atom stereocenters. The molecule has 3 aromatic rings. The van der Waals surface area contributed by atoms with Gasteiger partial charge in [-0.1, -0.05) is 30.3 Å². The van der Waals surface area contributed by atoms with Gasteiger partial charge in [0.05, 0.1) is 12.2 Å². The molecule has 0 bridgehead atoms. The van der Waals surface area contributed by atoms with Crippen molar-refractivity contribution in [2.45, 2.75) is 6.54 Å². The highest BCUT2D eigenvalue weighted by Crippen LogP contribution is 2.21. The van der Waals surface area contributed by atoms with Crippen molar-refractivity contribution in [2.24, 2.45) is 0 Å². The number of H-pyrrole nitrogens is 1. The first kappa shape index (κ1) is 13.2. The van der Waals surface area contributed by atoms with Crippen LogP contribution in [0.25, 0.3) is 11.3 Å². The maximum atomic E-state index is 13.6. The van der Waals surface area contributed by atoms with E-state index < -0.39 is 11.6 Å². The number of aromatic nitrogens is 3. The fourth-order valence-electron chi connectivity index (χ4n) is 2.02. The van der Waals surface area contributed by atoms with Gasteiger partial charge in [-0.25, -0.2) is 8.78 Å². The van der Waals surface area contributed by atoms with Gasteiger partial charge < -0.3 is 5.32 Å². The zero-order chi connectivity index (χ0) is 14.7. The maximum Gasteiger partial charge on any atom is 0.149 e. The van der Waals surface area contributed by atoms with Crippen molar-refractivity contribution in [1.82, 2.24) is 15.4 Å². The average Bonchev–Trinajstić information content (AvgIpc) is 2.96. The van der Waals surface area contributed by atoms with E-state index >= 15 is 0 Å². The molecule has 0 saturated carbocycles. The molecule has 0 atom stereocenters. The first-order valence-corrected chi connectivity index (χ1v) is 6.38. The van der Waals surface area contributed by atoms with Crippen LogP contribution in [0.1, 0.15) is 5.69 Å². The van der Waals surface area contributed by atoms with Gasteiger partial charge >= 0.3 is 0 Å². The molecule has 1 aromatic heterocycles. The van der Waals surface area contributed by atoms with Crippen LogP contribution in [0.15, 0.2) is 48.5 Å². The Hall–Kier alpha value is -2.76. The smallest absolute Gasteiger partial charge is 0.149 e. The highest BCUT2D eigenvalue weighted by molar-refractivity contribution is 5.61. The lowest BCUT2D eigenvalue weighted by atomic mass is 10.1. The van der Waals surface area contributed by atoms with E-state index in [2.05, 4.69) is 20.7 Å². The Bertz CT molecular complexity index is 740. The van der Waals surface area contributed by atoms with Crippen molar-refractivity contribution in [1.29, 1.82) is 0 Å². The summed E-state index contributed by atoms with van der Waals surface area (Å²) in [5.41, 5.74) is 2.50. The third-order valence-corrected chi connectivity index (χ3v) is 3.04. The molecule has 0 amide bonds. The Morgan fingerprint density at radius 3 is 2.57 bits per heavy atom. The molecule has 0 aliphatic rings. The number of halogens is 2. The molecule has 0 aliphatic carbocycles. The Morgan fingerprint density at radius 1 is 1.00 bits per heavy atom. The molecule has 0 fully saturated rings. The molecule has 0 radical (unpaired) electrons. The van der Waals surface area contributed by atoms with Crippen molar-refractivity contribution in [3.05, 3.63) is 65.9 Å². The lowest BCUT2D eigenvalue weighted by Crippen LogP contribution is -2.03. The van der Waals surface area contributed by atoms with Crippen LogP contribution in [0.5, 0.6) is 0 Å². The number of nitrogens with zero attached hydrogens (tertiary/aromatic N) is 2. The highest BCUT2D eigenvalue weighted by atomic mass is 19.1. The third-order valence-electron chi connectivity index (χ3n) is 3.04. The average molecular weight is 286 g/mol. The fraction of sp³-hybridized carbons (Fsp3) is 0.0667. The molecule has 106 valence electrons. The number of rotatable bonds is 4. The van der Waals surface area contributed by atoms with Crippen LogP contribution in [0.3, 0.4) is 0 Å². The molecule has 6 heteroatoms. The van der Waals surface area contributed by atoms with Gasteiger partial charge in [-0.05, 0) is 12.1 Å². The minimum atomic E-state index is -0.639. The van der Waals surface area contributed by atoms with E-state index in [-0.39, 0.29) is 12.2 Å². The summed E-state index contributed by atoms with van der Waals surface area (Å²) in [6.45, 7) is 0.281. The Morgan fingerprint density at radius 2 is 1.81 bits per heavy atom. The molecule has 2 aromatic carbocycles. The summed E-state index contributed by atoms with van der Waals surface area (Å²) in [5.74, 6) is -1.25. The molecular weight excluding hydrogens is 274 g/mol. The number of anilines is 1. The second-order valence-electron chi connectivity index (χ2n) is 4.46. The van der Waals surface area contributed by atoms with Gasteiger partial charge in [0.2, 0.25) is 0 Å². The predicted molar refractivity (Wildman–Crippen MR) is 75.5 cm³/mol. The SMILES string of the molecule is Fc1ccc(NCc2n[nH]nc2-c2ccccc2)c(F)c1. The number of nitrogens with one attached hydrogen (secondary N) is 2. The lowest BCUT2D eigenvalue weighted by Gasteiger charge is -2.07. The molecule has 4 nitrogen and oxygen atoms in total. The normalized spacial score (nSPS) is 10.6. The van der Waals surface area contributed by atoms with Crippen molar-refractivity contribution in [2.75, 3.05) is 5.32 Å². The quantitative estimate of drug-likeness (QED) is 0.773. The summed E-state index contributed by atoms with van der Waals surface area (Å²) < 4.78 is 26.4. The van der Waals surface area contributed by atoms with Gasteiger partial charge in [0, 0.05) is 11.6 Å². The summed E-state index contributed by atoms with van der Waals surface area (Å²) in [6, 6.07) is 12.9. The van der Waals surface area contributed by atoms with Crippen LogP contribution in [0.2, 0.25) is 0 Å². The van der Waals surface area contributed by atoms with Crippen molar-refractivity contribution >= 4 is 5.69 Å². The second kappa shape index (κ2) is 5.70. The van der Waals surface area contributed by atoms with Crippen molar-refractivity contribution < 1.29 is 8.78 Å². The molecule has 3 rings (SSSR count). The highest BCUT2D eigenvalue weighted by Gasteiger charge is 2.11. The summed E-state index contributed by atoms with van der Waals surface area (Å²) >= 11 is 0. The van der Waals surface area contributed by atoms with Gasteiger partial charge in [0.15, 0.2) is 0 Å². The van der Waals surface area contributed by atoms with Crippen LogP contribution < -0.4 is 5.32 Å². The van der Waals surface area contributed by atoms with Crippen LogP contribution >= 0.6 is 0 Å². The number of hydrogen-bond donors (Lipinski definition) is 2. The second-order valence-corrected chi connectivity index (χ2v) is 4.46. The third kappa shape index (κ3) is 2.89. The first-order valence-electron chi connectivity index (χ1n) is 6.38. The molecule has 0 aliphatic heterocycles. The van der Waals surface area contributed by atoms with Gasteiger partial charge in [0.1, 0.15) is 23.0 Å². The van der Waals surface area contributed by atoms with Crippen LogP contribution in [0, 0.1) is 11.6 Å². The minimum absolute atomic E-state index is 0.221. The zero-order valence-corrected chi connectivity index (χ0v) is 11.0. The lowest BCUT2D eigenvalue weighted by molar-refractivity contribution is 0.585. The number of aromatic amines is 1. The minimum Gasteiger partial charge on any atom is -0.377 e. The van der Waals surface area contributed by atoms with E-state index in [1.54, 1.807) is 0 Å². The summed E-state index contributed by atoms with van der Waals surface area (Å²) in [5, 5.41) is 13.6. The van der Waals surface area contributed by atoms with E-state index in [4.69, 9.17) is 0 Å². The van der Waals surface area contributed by atoms with E-state index in [9.17, 15) is 8.78 Å². The standard InChI is InChI=1S/C15H12F2N4/c16-11-6-7-13(12(17)8-11)18-9-14-15(20-21-19-14)10-4-2-1-3-5-10/h1-8,18H,9H2,(H,19,20,21). The van der Waals surface area contributed by atoms with Gasteiger partial charge in [-0.15, -0.1) is 0 Å². The van der Waals surface area contributed by atoms with Crippen molar-refractivity contribution in [3.8, 4) is 11.3 Å². The molecule has 21 heavy (non-hydrogen) atoms. The van der Waals surface area contributed by atoms with Crippen LogP contribution in [0.4, 0.5) is 14.5 Å². The first-order chi connectivity index (χ1) is 10.2. The predicted octanol–water partition coefficient (Wildman–Crippen LogP) is 3.36. The monoisotopic (exact) mass is 286 g/mol.